The highest BCUT2D eigenvalue weighted by molar-refractivity contribution is 8.18. The lowest BCUT2D eigenvalue weighted by Crippen LogP contribution is -2.19. The Kier molecular flexibility index (Phi) is 4.34. The first-order valence-corrected chi connectivity index (χ1v) is 9.31. The number of aromatic nitrogens is 1. The van der Waals surface area contributed by atoms with Gasteiger partial charge in [0.1, 0.15) is 0 Å². The number of thioether (sulfide) groups is 1. The number of benzene rings is 2. The maximum Gasteiger partial charge on any atom is 0.264 e. The molecule has 2 heterocycles. The zero-order chi connectivity index (χ0) is 18.3. The maximum atomic E-state index is 12.4. The van der Waals surface area contributed by atoms with E-state index in [9.17, 15) is 4.79 Å². The van der Waals surface area contributed by atoms with E-state index in [4.69, 9.17) is 11.6 Å². The number of nitrogens with one attached hydrogen (secondary N) is 1. The molecule has 3 aromatic rings. The van der Waals surface area contributed by atoms with Crippen molar-refractivity contribution in [2.45, 2.75) is 6.92 Å². The lowest BCUT2D eigenvalue weighted by molar-refractivity contribution is -0.115. The van der Waals surface area contributed by atoms with E-state index in [0.717, 1.165) is 27.8 Å². The van der Waals surface area contributed by atoms with Gasteiger partial charge in [0.15, 0.2) is 5.17 Å². The SMILES string of the molecule is Cc1c(/C=C2/SC(=Nc3ccc(Cl)cc3)NC2=O)c2ccccc2n1C. The van der Waals surface area contributed by atoms with Gasteiger partial charge in [-0.15, -0.1) is 0 Å². The molecule has 0 saturated carbocycles. The minimum atomic E-state index is -0.130. The fourth-order valence-electron chi connectivity index (χ4n) is 2.98. The van der Waals surface area contributed by atoms with E-state index >= 15 is 0 Å². The van der Waals surface area contributed by atoms with Crippen molar-refractivity contribution in [1.82, 2.24) is 9.88 Å². The van der Waals surface area contributed by atoms with Crippen LogP contribution in [0, 0.1) is 6.92 Å². The second-order valence-corrected chi connectivity index (χ2v) is 7.50. The van der Waals surface area contributed by atoms with Crippen molar-refractivity contribution in [2.75, 3.05) is 0 Å². The van der Waals surface area contributed by atoms with Gasteiger partial charge < -0.3 is 9.88 Å². The van der Waals surface area contributed by atoms with Crippen LogP contribution in [0.1, 0.15) is 11.3 Å². The zero-order valence-electron chi connectivity index (χ0n) is 14.3. The summed E-state index contributed by atoms with van der Waals surface area (Å²) in [5.41, 5.74) is 4.08. The number of amides is 1. The first-order valence-electron chi connectivity index (χ1n) is 8.12. The minimum Gasteiger partial charge on any atom is -0.347 e. The van der Waals surface area contributed by atoms with Gasteiger partial charge in [-0.05, 0) is 55.1 Å². The van der Waals surface area contributed by atoms with Crippen LogP contribution in [0.4, 0.5) is 5.69 Å². The van der Waals surface area contributed by atoms with E-state index < -0.39 is 0 Å². The van der Waals surface area contributed by atoms with Gasteiger partial charge in [0.05, 0.1) is 10.6 Å². The summed E-state index contributed by atoms with van der Waals surface area (Å²) < 4.78 is 2.14. The molecule has 0 spiro atoms. The second kappa shape index (κ2) is 6.67. The highest BCUT2D eigenvalue weighted by Gasteiger charge is 2.25. The minimum absolute atomic E-state index is 0.130. The number of carbonyl (C=O) groups excluding carboxylic acids is 1. The largest absolute Gasteiger partial charge is 0.347 e. The molecule has 2 aromatic carbocycles. The first-order chi connectivity index (χ1) is 12.5. The molecule has 0 unspecified atom stereocenters. The molecule has 130 valence electrons. The summed E-state index contributed by atoms with van der Waals surface area (Å²) in [5, 5.41) is 5.19. The predicted molar refractivity (Wildman–Crippen MR) is 110 cm³/mol. The third-order valence-electron chi connectivity index (χ3n) is 4.43. The average molecular weight is 382 g/mol. The quantitative estimate of drug-likeness (QED) is 0.632. The van der Waals surface area contributed by atoms with Crippen LogP contribution >= 0.6 is 23.4 Å². The van der Waals surface area contributed by atoms with Crippen LogP contribution in [0.5, 0.6) is 0 Å². The molecule has 4 rings (SSSR count). The van der Waals surface area contributed by atoms with Crippen LogP contribution in [0.15, 0.2) is 58.4 Å². The molecule has 1 amide bonds. The Morgan fingerprint density at radius 2 is 1.88 bits per heavy atom. The highest BCUT2D eigenvalue weighted by atomic mass is 35.5. The number of carbonyl (C=O) groups is 1. The molecule has 0 atom stereocenters. The summed E-state index contributed by atoms with van der Waals surface area (Å²) in [7, 11) is 2.04. The predicted octanol–water partition coefficient (Wildman–Crippen LogP) is 5.03. The number of aryl methyl sites for hydroxylation is 1. The molecule has 26 heavy (non-hydrogen) atoms. The van der Waals surface area contributed by atoms with Gasteiger partial charge in [0.2, 0.25) is 0 Å². The molecular formula is C20H16ClN3OS. The van der Waals surface area contributed by atoms with Gasteiger partial charge >= 0.3 is 0 Å². The summed E-state index contributed by atoms with van der Waals surface area (Å²) in [6.07, 6.45) is 1.95. The standard InChI is InChI=1S/C20H16ClN3OS/c1-12-16(15-5-3-4-6-17(15)24(12)2)11-18-19(25)23-20(26-18)22-14-9-7-13(21)8-10-14/h3-11H,1-2H3,(H,22,23,25)/b18-11+. The Labute approximate surface area is 160 Å². The Hall–Kier alpha value is -2.50. The van der Waals surface area contributed by atoms with Crippen LogP contribution in [0.2, 0.25) is 5.02 Å². The van der Waals surface area contributed by atoms with E-state index in [-0.39, 0.29) is 5.91 Å². The van der Waals surface area contributed by atoms with Gasteiger partial charge in [-0.3, -0.25) is 4.79 Å². The number of hydrogen-bond acceptors (Lipinski definition) is 3. The van der Waals surface area contributed by atoms with Gasteiger partial charge in [-0.1, -0.05) is 29.8 Å². The van der Waals surface area contributed by atoms with Gasteiger partial charge in [0, 0.05) is 34.2 Å². The Bertz CT molecular complexity index is 1080. The average Bonchev–Trinajstić information content (AvgIpc) is 3.10. The van der Waals surface area contributed by atoms with Crippen molar-refractivity contribution in [3.8, 4) is 0 Å². The molecule has 1 saturated heterocycles. The fourth-order valence-corrected chi connectivity index (χ4v) is 3.93. The molecular weight excluding hydrogens is 366 g/mol. The van der Waals surface area contributed by atoms with Gasteiger partial charge in [0.25, 0.3) is 5.91 Å². The maximum absolute atomic E-state index is 12.4. The first kappa shape index (κ1) is 16.9. The third-order valence-corrected chi connectivity index (χ3v) is 5.59. The molecule has 1 aliphatic rings. The summed E-state index contributed by atoms with van der Waals surface area (Å²) in [5.74, 6) is -0.130. The summed E-state index contributed by atoms with van der Waals surface area (Å²) in [6.45, 7) is 2.06. The normalized spacial score (nSPS) is 17.4. The summed E-state index contributed by atoms with van der Waals surface area (Å²) in [6, 6.07) is 15.4. The molecule has 0 bridgehead atoms. The van der Waals surface area contributed by atoms with E-state index in [1.165, 1.54) is 11.8 Å². The number of aliphatic imine (C=N–C) groups is 1. The molecule has 1 fully saturated rings. The van der Waals surface area contributed by atoms with Crippen LogP contribution < -0.4 is 5.32 Å². The third kappa shape index (κ3) is 3.04. The molecule has 1 N–H and O–H groups in total. The number of para-hydroxylation sites is 1. The smallest absolute Gasteiger partial charge is 0.264 e. The number of amidine groups is 1. The molecule has 6 heteroatoms. The molecule has 0 radical (unpaired) electrons. The Morgan fingerprint density at radius 3 is 2.65 bits per heavy atom. The van der Waals surface area contributed by atoms with Crippen LogP contribution in [0.25, 0.3) is 17.0 Å². The van der Waals surface area contributed by atoms with Gasteiger partial charge in [-0.2, -0.15) is 0 Å². The van der Waals surface area contributed by atoms with E-state index in [0.29, 0.717) is 15.1 Å². The van der Waals surface area contributed by atoms with Crippen molar-refractivity contribution in [2.24, 2.45) is 12.0 Å². The monoisotopic (exact) mass is 381 g/mol. The van der Waals surface area contributed by atoms with Crippen LogP contribution in [0.3, 0.4) is 0 Å². The number of halogens is 1. The molecule has 4 nitrogen and oxygen atoms in total. The van der Waals surface area contributed by atoms with E-state index in [1.807, 2.05) is 37.4 Å². The van der Waals surface area contributed by atoms with Crippen molar-refractivity contribution < 1.29 is 4.79 Å². The highest BCUT2D eigenvalue weighted by Crippen LogP contribution is 2.32. The topological polar surface area (TPSA) is 46.4 Å². The lowest BCUT2D eigenvalue weighted by atomic mass is 10.1. The Balaban J connectivity index is 1.70. The molecule has 1 aromatic heterocycles. The number of fused-ring (bicyclic) bond motifs is 1. The van der Waals surface area contributed by atoms with Crippen LogP contribution in [-0.4, -0.2) is 15.6 Å². The van der Waals surface area contributed by atoms with Crippen molar-refractivity contribution in [1.29, 1.82) is 0 Å². The molecule has 0 aliphatic carbocycles. The molecule has 1 aliphatic heterocycles. The summed E-state index contributed by atoms with van der Waals surface area (Å²) >= 11 is 7.24. The van der Waals surface area contributed by atoms with E-state index in [1.54, 1.807) is 12.1 Å². The van der Waals surface area contributed by atoms with E-state index in [2.05, 4.69) is 33.9 Å². The van der Waals surface area contributed by atoms with Crippen LogP contribution in [-0.2, 0) is 11.8 Å². The zero-order valence-corrected chi connectivity index (χ0v) is 15.9. The van der Waals surface area contributed by atoms with Gasteiger partial charge in [-0.25, -0.2) is 4.99 Å². The fraction of sp³-hybridized carbons (Fsp3) is 0.100. The second-order valence-electron chi connectivity index (χ2n) is 6.03. The summed E-state index contributed by atoms with van der Waals surface area (Å²) in [4.78, 5) is 17.5. The van der Waals surface area contributed by atoms with Crippen molar-refractivity contribution in [3.63, 3.8) is 0 Å². The van der Waals surface area contributed by atoms with Crippen molar-refractivity contribution in [3.05, 3.63) is 69.7 Å². The number of hydrogen-bond donors (Lipinski definition) is 1. The number of nitrogens with zero attached hydrogens (tertiary/aromatic N) is 2. The number of rotatable bonds is 2. The van der Waals surface area contributed by atoms with Crippen molar-refractivity contribution >= 4 is 57.1 Å². The Morgan fingerprint density at radius 1 is 1.15 bits per heavy atom. The lowest BCUT2D eigenvalue weighted by Gasteiger charge is -1.98.